The van der Waals surface area contributed by atoms with Crippen molar-refractivity contribution in [2.75, 3.05) is 32.7 Å². The highest BCUT2D eigenvalue weighted by Gasteiger charge is 2.43. The van der Waals surface area contributed by atoms with E-state index < -0.39 is 5.82 Å². The highest BCUT2D eigenvalue weighted by atomic mass is 35.5. The van der Waals surface area contributed by atoms with Gasteiger partial charge < -0.3 is 15.1 Å². The van der Waals surface area contributed by atoms with Crippen LogP contribution in [0.5, 0.6) is 0 Å². The van der Waals surface area contributed by atoms with Crippen LogP contribution in [0.15, 0.2) is 48.5 Å². The molecular formula is C27H31ClFN3O2. The summed E-state index contributed by atoms with van der Waals surface area (Å²) in [6.07, 6.45) is 1.83. The Bertz CT molecular complexity index is 1030. The Morgan fingerprint density at radius 2 is 1.74 bits per heavy atom. The van der Waals surface area contributed by atoms with Crippen molar-refractivity contribution in [3.05, 3.63) is 70.5 Å². The number of carbonyl (C=O) groups is 2. The van der Waals surface area contributed by atoms with E-state index in [9.17, 15) is 14.0 Å². The number of fused-ring (bicyclic) bond motifs is 1. The third-order valence-corrected chi connectivity index (χ3v) is 8.04. The predicted octanol–water partition coefficient (Wildman–Crippen LogP) is 4.39. The molecule has 1 saturated carbocycles. The van der Waals surface area contributed by atoms with Gasteiger partial charge in [0.2, 0.25) is 5.91 Å². The molecule has 5 nitrogen and oxygen atoms in total. The summed E-state index contributed by atoms with van der Waals surface area (Å²) in [5.41, 5.74) is 1.12. The van der Waals surface area contributed by atoms with Crippen LogP contribution in [0.2, 0.25) is 5.02 Å². The third kappa shape index (κ3) is 4.84. The quantitative estimate of drug-likeness (QED) is 0.635. The van der Waals surface area contributed by atoms with Crippen molar-refractivity contribution < 1.29 is 14.0 Å². The first-order chi connectivity index (χ1) is 16.4. The van der Waals surface area contributed by atoms with Gasteiger partial charge in [0.1, 0.15) is 5.82 Å². The number of nitrogens with one attached hydrogen (secondary N) is 1. The smallest absolute Gasteiger partial charge is 0.258 e. The number of nitrogens with zero attached hydrogens (tertiary/aromatic N) is 2. The summed E-state index contributed by atoms with van der Waals surface area (Å²) in [7, 11) is 0. The molecule has 2 aliphatic heterocycles. The van der Waals surface area contributed by atoms with Gasteiger partial charge in [-0.05, 0) is 48.3 Å². The molecule has 180 valence electrons. The van der Waals surface area contributed by atoms with Crippen molar-refractivity contribution in [2.24, 2.45) is 23.7 Å². The fraction of sp³-hybridized carbons (Fsp3) is 0.481. The molecule has 0 bridgehead atoms. The van der Waals surface area contributed by atoms with Crippen molar-refractivity contribution in [2.45, 2.75) is 25.8 Å². The number of hydrogen-bond acceptors (Lipinski definition) is 3. The highest BCUT2D eigenvalue weighted by molar-refractivity contribution is 6.33. The fourth-order valence-corrected chi connectivity index (χ4v) is 5.83. The molecule has 3 fully saturated rings. The Kier molecular flexibility index (Phi) is 6.63. The van der Waals surface area contributed by atoms with Crippen LogP contribution < -0.4 is 5.32 Å². The van der Waals surface area contributed by atoms with E-state index in [1.807, 2.05) is 18.2 Å². The molecular weight excluding hydrogens is 453 g/mol. The van der Waals surface area contributed by atoms with Crippen LogP contribution >= 0.6 is 11.6 Å². The molecule has 0 aromatic heterocycles. The molecule has 0 spiro atoms. The lowest BCUT2D eigenvalue weighted by Crippen LogP contribution is -2.36. The molecule has 2 heterocycles. The molecule has 7 heteroatoms. The number of likely N-dealkylation sites (tertiary alicyclic amines) is 2. The van der Waals surface area contributed by atoms with Gasteiger partial charge in [-0.3, -0.25) is 9.59 Å². The van der Waals surface area contributed by atoms with E-state index in [1.54, 1.807) is 11.0 Å². The van der Waals surface area contributed by atoms with Crippen LogP contribution in [0, 0.1) is 29.5 Å². The second-order valence-electron chi connectivity index (χ2n) is 10.2. The Morgan fingerprint density at radius 3 is 2.35 bits per heavy atom. The van der Waals surface area contributed by atoms with E-state index in [4.69, 9.17) is 11.6 Å². The van der Waals surface area contributed by atoms with Gasteiger partial charge in [-0.25, -0.2) is 4.39 Å². The molecule has 34 heavy (non-hydrogen) atoms. The number of carbonyl (C=O) groups excluding carboxylic acids is 2. The zero-order valence-corrected chi connectivity index (χ0v) is 20.2. The Labute approximate surface area is 205 Å². The van der Waals surface area contributed by atoms with Gasteiger partial charge in [-0.1, -0.05) is 54.9 Å². The average Bonchev–Trinajstić information content (AvgIpc) is 3.24. The van der Waals surface area contributed by atoms with Gasteiger partial charge in [-0.2, -0.15) is 0 Å². The summed E-state index contributed by atoms with van der Waals surface area (Å²) in [5, 5.41) is 3.45. The average molecular weight is 484 g/mol. The molecule has 5 rings (SSSR count). The minimum absolute atomic E-state index is 0.00298. The normalized spacial score (nSPS) is 26.9. The first kappa shape index (κ1) is 23.3. The summed E-state index contributed by atoms with van der Waals surface area (Å²) >= 11 is 6.11. The summed E-state index contributed by atoms with van der Waals surface area (Å²) in [6.45, 7) is 6.09. The second-order valence-corrected chi connectivity index (χ2v) is 10.6. The molecule has 3 aliphatic rings. The molecule has 1 N–H and O–H groups in total. The SMILES string of the molecule is CC1CC1C(=O)NC(CCN1CC2CN(C(=O)c3c(F)cccc3Cl)C[C@@H]2C1)c1ccccc1. The van der Waals surface area contributed by atoms with Gasteiger partial charge in [0.15, 0.2) is 0 Å². The van der Waals surface area contributed by atoms with Crippen LogP contribution in [0.3, 0.4) is 0 Å². The van der Waals surface area contributed by atoms with E-state index >= 15 is 0 Å². The summed E-state index contributed by atoms with van der Waals surface area (Å²) < 4.78 is 14.2. The molecule has 4 unspecified atom stereocenters. The maximum Gasteiger partial charge on any atom is 0.258 e. The first-order valence-electron chi connectivity index (χ1n) is 12.2. The zero-order valence-electron chi connectivity index (χ0n) is 19.4. The van der Waals surface area contributed by atoms with Crippen LogP contribution in [0.4, 0.5) is 4.39 Å². The number of halogens is 2. The lowest BCUT2D eigenvalue weighted by atomic mass is 10.0. The van der Waals surface area contributed by atoms with Gasteiger partial charge in [0, 0.05) is 38.6 Å². The van der Waals surface area contributed by atoms with E-state index in [0.717, 1.165) is 38.0 Å². The number of rotatable bonds is 7. The Hall–Kier alpha value is -2.44. The lowest BCUT2D eigenvalue weighted by Gasteiger charge is -2.25. The van der Waals surface area contributed by atoms with Crippen molar-refractivity contribution in [3.8, 4) is 0 Å². The van der Waals surface area contributed by atoms with Crippen LogP contribution in [0.1, 0.15) is 41.7 Å². The van der Waals surface area contributed by atoms with Crippen molar-refractivity contribution >= 4 is 23.4 Å². The van der Waals surface area contributed by atoms with E-state index in [2.05, 4.69) is 29.3 Å². The lowest BCUT2D eigenvalue weighted by molar-refractivity contribution is -0.123. The minimum Gasteiger partial charge on any atom is -0.349 e. The number of hydrogen-bond donors (Lipinski definition) is 1. The molecule has 2 amide bonds. The molecule has 1 aliphatic carbocycles. The van der Waals surface area contributed by atoms with Crippen molar-refractivity contribution in [3.63, 3.8) is 0 Å². The Balaban J connectivity index is 1.17. The van der Waals surface area contributed by atoms with Gasteiger partial charge >= 0.3 is 0 Å². The second kappa shape index (κ2) is 9.67. The standard InChI is InChI=1S/C27H31ClFN3O2/c1-17-12-21(17)26(33)30-24(18-6-3-2-4-7-18)10-11-31-13-19-15-32(16-20(19)14-31)27(34)25-22(28)8-5-9-23(25)29/h2-9,17,19-21,24H,10-16H2,1H3,(H,30,33)/t17?,19-,20?,21?,24?/m0/s1. The largest absolute Gasteiger partial charge is 0.349 e. The first-order valence-corrected chi connectivity index (χ1v) is 12.6. The predicted molar refractivity (Wildman–Crippen MR) is 130 cm³/mol. The van der Waals surface area contributed by atoms with E-state index in [1.165, 1.54) is 12.1 Å². The number of amides is 2. The van der Waals surface area contributed by atoms with Crippen LogP contribution in [-0.2, 0) is 4.79 Å². The minimum atomic E-state index is -0.564. The maximum absolute atomic E-state index is 14.2. The summed E-state index contributed by atoms with van der Waals surface area (Å²) in [4.78, 5) is 29.7. The summed E-state index contributed by atoms with van der Waals surface area (Å²) in [6, 6.07) is 14.5. The fourth-order valence-electron chi connectivity index (χ4n) is 5.58. The Morgan fingerprint density at radius 1 is 1.06 bits per heavy atom. The highest BCUT2D eigenvalue weighted by Crippen LogP contribution is 2.38. The molecule has 2 saturated heterocycles. The monoisotopic (exact) mass is 483 g/mol. The maximum atomic E-state index is 14.2. The topological polar surface area (TPSA) is 52.7 Å². The van der Waals surface area contributed by atoms with Gasteiger partial charge in [-0.15, -0.1) is 0 Å². The van der Waals surface area contributed by atoms with Crippen LogP contribution in [-0.4, -0.2) is 54.3 Å². The summed E-state index contributed by atoms with van der Waals surface area (Å²) in [5.74, 6) is 0.692. The van der Waals surface area contributed by atoms with Crippen molar-refractivity contribution in [1.29, 1.82) is 0 Å². The van der Waals surface area contributed by atoms with E-state index in [-0.39, 0.29) is 34.4 Å². The zero-order chi connectivity index (χ0) is 23.8. The molecule has 0 radical (unpaired) electrons. The molecule has 5 atom stereocenters. The molecule has 2 aromatic rings. The van der Waals surface area contributed by atoms with Crippen molar-refractivity contribution in [1.82, 2.24) is 15.1 Å². The van der Waals surface area contributed by atoms with E-state index in [0.29, 0.717) is 30.8 Å². The van der Waals surface area contributed by atoms with Crippen LogP contribution in [0.25, 0.3) is 0 Å². The van der Waals surface area contributed by atoms with Gasteiger partial charge in [0.25, 0.3) is 5.91 Å². The number of benzene rings is 2. The van der Waals surface area contributed by atoms with Gasteiger partial charge in [0.05, 0.1) is 16.6 Å². The molecule has 2 aromatic carbocycles. The third-order valence-electron chi connectivity index (χ3n) is 7.72.